The van der Waals surface area contributed by atoms with Crippen LogP contribution in [0.1, 0.15) is 16.7 Å². The maximum atomic E-state index is 6.62. The van der Waals surface area contributed by atoms with E-state index < -0.39 is 5.79 Å². The highest BCUT2D eigenvalue weighted by atomic mass is 35.5. The van der Waals surface area contributed by atoms with Gasteiger partial charge in [-0.15, -0.1) is 0 Å². The first-order chi connectivity index (χ1) is 21.0. The Morgan fingerprint density at radius 2 is 1.84 bits per heavy atom. The van der Waals surface area contributed by atoms with Gasteiger partial charge in [0.15, 0.2) is 0 Å². The molecule has 2 atom stereocenters. The van der Waals surface area contributed by atoms with Crippen molar-refractivity contribution in [3.05, 3.63) is 136 Å². The van der Waals surface area contributed by atoms with Gasteiger partial charge in [-0.2, -0.15) is 0 Å². The summed E-state index contributed by atoms with van der Waals surface area (Å²) in [7, 11) is 2.13. The number of rotatable bonds is 11. The van der Waals surface area contributed by atoms with E-state index in [4.69, 9.17) is 37.4 Å². The topological polar surface area (TPSA) is 48.8 Å². The lowest BCUT2D eigenvalue weighted by Gasteiger charge is -2.30. The standard InChI is InChI=1S/C35H33Cl2N3O3/c1-39(18-7-10-26-8-3-2-4-9-26)21-27-13-16-34(31-12-6-5-11-30(27)31)41-22-29-23-42-35(43-29,24-40-19-17-38-25-40)32-15-14-28(36)20-33(32)37/h2-17,19-20,25,29H,18,21-24H2,1H3/b10-7+/t29-,35-/m0/s1. The number of nitrogens with zero attached hydrogens (tertiary/aromatic N) is 3. The summed E-state index contributed by atoms with van der Waals surface area (Å²) >= 11 is 12.8. The van der Waals surface area contributed by atoms with Crippen molar-refractivity contribution in [1.82, 2.24) is 14.5 Å². The molecule has 1 aliphatic rings. The van der Waals surface area contributed by atoms with Crippen LogP contribution in [0.15, 0.2) is 110 Å². The van der Waals surface area contributed by atoms with E-state index in [1.807, 2.05) is 29.0 Å². The minimum absolute atomic E-state index is 0.309. The SMILES string of the molecule is CN(C/C=C/c1ccccc1)Cc1ccc(OC[C@H]2CO[C@](Cn3ccnc3)(c3ccc(Cl)cc3Cl)O2)c2ccccc12. The number of ether oxygens (including phenoxy) is 3. The van der Waals surface area contributed by atoms with Gasteiger partial charge in [0, 0.05) is 41.5 Å². The predicted octanol–water partition coefficient (Wildman–Crippen LogP) is 7.84. The molecule has 0 radical (unpaired) electrons. The zero-order valence-electron chi connectivity index (χ0n) is 23.9. The number of fused-ring (bicyclic) bond motifs is 1. The number of hydrogen-bond donors (Lipinski definition) is 0. The van der Waals surface area contributed by atoms with Crippen LogP contribution in [0.3, 0.4) is 0 Å². The molecule has 8 heteroatoms. The second-order valence-corrected chi connectivity index (χ2v) is 11.6. The first kappa shape index (κ1) is 29.4. The van der Waals surface area contributed by atoms with Gasteiger partial charge in [-0.05, 0) is 41.8 Å². The summed E-state index contributed by atoms with van der Waals surface area (Å²) in [6.45, 7) is 2.73. The van der Waals surface area contributed by atoms with E-state index in [-0.39, 0.29) is 6.10 Å². The minimum Gasteiger partial charge on any atom is -0.490 e. The first-order valence-electron chi connectivity index (χ1n) is 14.3. The van der Waals surface area contributed by atoms with Crippen molar-refractivity contribution < 1.29 is 14.2 Å². The lowest BCUT2D eigenvalue weighted by molar-refractivity contribution is -0.189. The lowest BCUT2D eigenvalue weighted by atomic mass is 10.0. The van der Waals surface area contributed by atoms with Crippen LogP contribution in [0, 0.1) is 0 Å². The summed E-state index contributed by atoms with van der Waals surface area (Å²) in [6.07, 6.45) is 9.37. The summed E-state index contributed by atoms with van der Waals surface area (Å²) in [5, 5.41) is 3.27. The zero-order chi connectivity index (χ0) is 29.6. The molecule has 6 nitrogen and oxygen atoms in total. The molecule has 1 aliphatic heterocycles. The maximum absolute atomic E-state index is 6.62. The van der Waals surface area contributed by atoms with Crippen molar-refractivity contribution >= 4 is 40.1 Å². The average Bonchev–Trinajstić information content (AvgIpc) is 3.68. The first-order valence-corrected chi connectivity index (χ1v) is 15.0. The molecule has 0 aliphatic carbocycles. The van der Waals surface area contributed by atoms with Gasteiger partial charge in [0.1, 0.15) is 18.5 Å². The summed E-state index contributed by atoms with van der Waals surface area (Å²) in [5.41, 5.74) is 3.16. The van der Waals surface area contributed by atoms with Gasteiger partial charge in [0.2, 0.25) is 5.79 Å². The third kappa shape index (κ3) is 6.96. The fourth-order valence-electron chi connectivity index (χ4n) is 5.44. The van der Waals surface area contributed by atoms with E-state index in [9.17, 15) is 0 Å². The fraction of sp³-hybridized carbons (Fsp3) is 0.229. The molecule has 1 saturated heterocycles. The van der Waals surface area contributed by atoms with Crippen molar-refractivity contribution in [3.8, 4) is 5.75 Å². The van der Waals surface area contributed by atoms with Gasteiger partial charge >= 0.3 is 0 Å². The molecule has 1 aromatic heterocycles. The van der Waals surface area contributed by atoms with E-state index >= 15 is 0 Å². The van der Waals surface area contributed by atoms with Crippen molar-refractivity contribution in [1.29, 1.82) is 0 Å². The third-order valence-corrected chi connectivity index (χ3v) is 8.06. The molecule has 4 aromatic carbocycles. The van der Waals surface area contributed by atoms with Crippen LogP contribution in [0.25, 0.3) is 16.8 Å². The lowest BCUT2D eigenvalue weighted by Crippen LogP contribution is -2.34. The molecular formula is C35H33Cl2N3O3. The van der Waals surface area contributed by atoms with E-state index in [2.05, 4.69) is 83.7 Å². The van der Waals surface area contributed by atoms with Gasteiger partial charge < -0.3 is 18.8 Å². The van der Waals surface area contributed by atoms with Crippen LogP contribution < -0.4 is 4.74 Å². The molecule has 0 bridgehead atoms. The van der Waals surface area contributed by atoms with Gasteiger partial charge in [0.25, 0.3) is 0 Å². The average molecular weight is 615 g/mol. The molecule has 5 aromatic rings. The van der Waals surface area contributed by atoms with E-state index in [1.54, 1.807) is 24.7 Å². The highest BCUT2D eigenvalue weighted by molar-refractivity contribution is 6.35. The van der Waals surface area contributed by atoms with Crippen molar-refractivity contribution in [2.24, 2.45) is 0 Å². The molecule has 1 fully saturated rings. The monoisotopic (exact) mass is 613 g/mol. The molecule has 43 heavy (non-hydrogen) atoms. The molecule has 2 heterocycles. The second kappa shape index (κ2) is 13.3. The van der Waals surface area contributed by atoms with Gasteiger partial charge in [-0.3, -0.25) is 4.90 Å². The largest absolute Gasteiger partial charge is 0.490 e. The summed E-state index contributed by atoms with van der Waals surface area (Å²) in [5.74, 6) is -0.284. The Balaban J connectivity index is 1.15. The van der Waals surface area contributed by atoms with Gasteiger partial charge in [0.05, 0.1) is 24.5 Å². The Labute approximate surface area is 262 Å². The zero-order valence-corrected chi connectivity index (χ0v) is 25.4. The van der Waals surface area contributed by atoms with Crippen LogP contribution in [0.2, 0.25) is 10.0 Å². The summed E-state index contributed by atoms with van der Waals surface area (Å²) in [6, 6.07) is 28.3. The maximum Gasteiger partial charge on any atom is 0.215 e. The Hall–Kier alpha value is -3.65. The smallest absolute Gasteiger partial charge is 0.215 e. The number of halogens is 2. The van der Waals surface area contributed by atoms with Crippen LogP contribution in [-0.4, -0.2) is 47.4 Å². The molecule has 0 amide bonds. The normalized spacial score (nSPS) is 18.7. The Morgan fingerprint density at radius 3 is 2.63 bits per heavy atom. The van der Waals surface area contributed by atoms with Crippen LogP contribution in [0.5, 0.6) is 5.75 Å². The predicted molar refractivity (Wildman–Crippen MR) is 172 cm³/mol. The molecular weight excluding hydrogens is 581 g/mol. The summed E-state index contributed by atoms with van der Waals surface area (Å²) in [4.78, 5) is 6.47. The van der Waals surface area contributed by atoms with E-state index in [0.29, 0.717) is 35.4 Å². The van der Waals surface area contributed by atoms with E-state index in [0.717, 1.165) is 24.2 Å². The van der Waals surface area contributed by atoms with Crippen molar-refractivity contribution in [3.63, 3.8) is 0 Å². The van der Waals surface area contributed by atoms with Crippen molar-refractivity contribution in [2.75, 3.05) is 26.8 Å². The third-order valence-electron chi connectivity index (χ3n) is 7.52. The molecule has 0 saturated carbocycles. The Kier molecular flexibility index (Phi) is 9.12. The molecule has 0 N–H and O–H groups in total. The molecule has 0 spiro atoms. The highest BCUT2D eigenvalue weighted by Crippen LogP contribution is 2.41. The molecule has 0 unspecified atom stereocenters. The van der Waals surface area contributed by atoms with Crippen molar-refractivity contribution in [2.45, 2.75) is 25.0 Å². The molecule has 6 rings (SSSR count). The number of aromatic nitrogens is 2. The second-order valence-electron chi connectivity index (χ2n) is 10.8. The van der Waals surface area contributed by atoms with E-state index in [1.165, 1.54) is 16.5 Å². The number of likely N-dealkylation sites (N-methyl/N-ethyl adjacent to an activating group) is 1. The minimum atomic E-state index is -1.10. The Bertz CT molecular complexity index is 1690. The summed E-state index contributed by atoms with van der Waals surface area (Å²) < 4.78 is 21.2. The van der Waals surface area contributed by atoms with Crippen LogP contribution in [0.4, 0.5) is 0 Å². The fourth-order valence-corrected chi connectivity index (χ4v) is 6.00. The number of hydrogen-bond acceptors (Lipinski definition) is 5. The molecule has 220 valence electrons. The van der Waals surface area contributed by atoms with Gasteiger partial charge in [-0.1, -0.05) is 102 Å². The highest BCUT2D eigenvalue weighted by Gasteiger charge is 2.45. The number of benzene rings is 4. The van der Waals surface area contributed by atoms with Gasteiger partial charge in [-0.25, -0.2) is 4.98 Å². The quantitative estimate of drug-likeness (QED) is 0.152. The van der Waals surface area contributed by atoms with Crippen LogP contribution in [-0.2, 0) is 28.4 Å². The van der Waals surface area contributed by atoms with Crippen LogP contribution >= 0.6 is 23.2 Å². The Morgan fingerprint density at radius 1 is 1.02 bits per heavy atom. The number of imidazole rings is 1.